The molecule has 0 spiro atoms. The van der Waals surface area contributed by atoms with Crippen LogP contribution in [0.2, 0.25) is 0 Å². The van der Waals surface area contributed by atoms with Gasteiger partial charge in [-0.05, 0) is 12.1 Å². The number of halogens is 1. The molecule has 0 amide bonds. The number of methoxy groups -OCH3 is 1. The molecule has 0 radical (unpaired) electrons. The van der Waals surface area contributed by atoms with Gasteiger partial charge in [0.1, 0.15) is 5.75 Å². The fraction of sp³-hybridized carbons (Fsp3) is 0.143. The molecule has 0 fully saturated rings. The second-order valence-corrected chi connectivity index (χ2v) is 3.18. The van der Waals surface area contributed by atoms with Gasteiger partial charge < -0.3 is 14.8 Å². The Morgan fingerprint density at radius 3 is 2.58 bits per heavy atom. The first-order valence-corrected chi connectivity index (χ1v) is 4.14. The van der Waals surface area contributed by atoms with Crippen molar-refractivity contribution in [3.05, 3.63) is 22.7 Å². The molecule has 5 heteroatoms. The second kappa shape index (κ2) is 3.93. The van der Waals surface area contributed by atoms with Crippen LogP contribution in [0.5, 0.6) is 5.75 Å². The Balaban J connectivity index is 3.11. The molecular weight excluding hydrogens is 223 g/mol. The summed E-state index contributed by atoms with van der Waals surface area (Å²) in [7, 11) is -0.0127. The van der Waals surface area contributed by atoms with Gasteiger partial charge in [0.05, 0.1) is 7.11 Å². The van der Waals surface area contributed by atoms with E-state index in [1.54, 1.807) is 18.2 Å². The maximum Gasteiger partial charge on any atom is 0.492 e. The van der Waals surface area contributed by atoms with Crippen LogP contribution in [0.1, 0.15) is 0 Å². The van der Waals surface area contributed by atoms with Crippen LogP contribution in [0.4, 0.5) is 0 Å². The summed E-state index contributed by atoms with van der Waals surface area (Å²) in [5.41, 5.74) is 0.362. The fourth-order valence-corrected chi connectivity index (χ4v) is 1.24. The summed E-state index contributed by atoms with van der Waals surface area (Å²) in [4.78, 5) is 0. The predicted octanol–water partition coefficient (Wildman–Crippen LogP) is 0.137. The lowest BCUT2D eigenvalue weighted by Crippen LogP contribution is -2.30. The number of ether oxygens (including phenoxy) is 1. The molecule has 1 rings (SSSR count). The highest BCUT2D eigenvalue weighted by atomic mass is 79.9. The maximum atomic E-state index is 8.89. The average molecular weight is 231 g/mol. The first-order valence-electron chi connectivity index (χ1n) is 3.34. The van der Waals surface area contributed by atoms with E-state index >= 15 is 0 Å². The van der Waals surface area contributed by atoms with Gasteiger partial charge in [-0.25, -0.2) is 0 Å². The topological polar surface area (TPSA) is 49.7 Å². The molecule has 0 aromatic heterocycles. The van der Waals surface area contributed by atoms with E-state index in [2.05, 4.69) is 15.9 Å². The third-order valence-corrected chi connectivity index (χ3v) is 1.97. The molecule has 0 aliphatic heterocycles. The van der Waals surface area contributed by atoms with Crippen LogP contribution in [0.25, 0.3) is 0 Å². The Bertz CT molecular complexity index is 277. The molecule has 0 aliphatic carbocycles. The van der Waals surface area contributed by atoms with Crippen LogP contribution in [0.15, 0.2) is 22.7 Å². The van der Waals surface area contributed by atoms with Crippen molar-refractivity contribution in [1.29, 1.82) is 0 Å². The van der Waals surface area contributed by atoms with Crippen molar-refractivity contribution < 1.29 is 14.8 Å². The molecule has 0 atom stereocenters. The number of benzene rings is 1. The highest BCUT2D eigenvalue weighted by molar-refractivity contribution is 9.10. The SMILES string of the molecule is COc1cc(Br)ccc1B(O)O. The summed E-state index contributed by atoms with van der Waals surface area (Å²) in [6, 6.07) is 4.99. The lowest BCUT2D eigenvalue weighted by Gasteiger charge is -2.07. The first kappa shape index (κ1) is 9.57. The Morgan fingerprint density at radius 1 is 1.42 bits per heavy atom. The maximum absolute atomic E-state index is 8.89. The van der Waals surface area contributed by atoms with Crippen molar-refractivity contribution in [3.8, 4) is 5.75 Å². The molecule has 3 nitrogen and oxygen atoms in total. The molecule has 0 saturated carbocycles. The lowest BCUT2D eigenvalue weighted by molar-refractivity contribution is 0.403. The van der Waals surface area contributed by atoms with Gasteiger partial charge in [0.2, 0.25) is 0 Å². The fourth-order valence-electron chi connectivity index (χ4n) is 0.898. The van der Waals surface area contributed by atoms with Gasteiger partial charge in [-0.1, -0.05) is 22.0 Å². The summed E-state index contributed by atoms with van der Waals surface area (Å²) < 4.78 is 5.77. The summed E-state index contributed by atoms with van der Waals surface area (Å²) in [6.07, 6.45) is 0. The van der Waals surface area contributed by atoms with Gasteiger partial charge in [0, 0.05) is 9.94 Å². The highest BCUT2D eigenvalue weighted by Gasteiger charge is 2.16. The van der Waals surface area contributed by atoms with Gasteiger partial charge >= 0.3 is 7.12 Å². The van der Waals surface area contributed by atoms with Gasteiger partial charge in [0.15, 0.2) is 0 Å². The summed E-state index contributed by atoms with van der Waals surface area (Å²) in [5, 5.41) is 17.8. The average Bonchev–Trinajstić information content (AvgIpc) is 2.03. The predicted molar refractivity (Wildman–Crippen MR) is 50.5 cm³/mol. The van der Waals surface area contributed by atoms with Crippen LogP contribution in [0.3, 0.4) is 0 Å². The molecule has 1 aromatic rings. The molecule has 2 N–H and O–H groups in total. The van der Waals surface area contributed by atoms with Crippen molar-refractivity contribution in [2.45, 2.75) is 0 Å². The molecule has 0 saturated heterocycles. The van der Waals surface area contributed by atoms with E-state index in [0.717, 1.165) is 4.47 Å². The molecular formula is C7H8BBrO3. The summed E-state index contributed by atoms with van der Waals surface area (Å²) >= 11 is 3.24. The van der Waals surface area contributed by atoms with Crippen molar-refractivity contribution in [2.24, 2.45) is 0 Å². The molecule has 0 aliphatic rings. The van der Waals surface area contributed by atoms with Gasteiger partial charge in [-0.3, -0.25) is 0 Å². The van der Waals surface area contributed by atoms with E-state index in [0.29, 0.717) is 11.2 Å². The minimum absolute atomic E-state index is 0.362. The Labute approximate surface area is 79.3 Å². The van der Waals surface area contributed by atoms with E-state index in [4.69, 9.17) is 14.8 Å². The standard InChI is InChI=1S/C7H8BBrO3/c1-12-7-4-5(9)2-3-6(7)8(10)11/h2-4,10-11H,1H3. The molecule has 64 valence electrons. The normalized spacial score (nSPS) is 9.67. The van der Waals surface area contributed by atoms with Crippen LogP contribution in [-0.4, -0.2) is 24.3 Å². The third kappa shape index (κ3) is 2.00. The van der Waals surface area contributed by atoms with Crippen molar-refractivity contribution in [2.75, 3.05) is 7.11 Å². The van der Waals surface area contributed by atoms with E-state index in [1.165, 1.54) is 7.11 Å². The minimum atomic E-state index is -1.49. The smallest absolute Gasteiger partial charge is 0.492 e. The Hall–Kier alpha value is -0.515. The number of hydrogen-bond donors (Lipinski definition) is 2. The van der Waals surface area contributed by atoms with Crippen LogP contribution >= 0.6 is 15.9 Å². The molecule has 0 bridgehead atoms. The largest absolute Gasteiger partial charge is 0.497 e. The van der Waals surface area contributed by atoms with Crippen LogP contribution < -0.4 is 10.2 Å². The van der Waals surface area contributed by atoms with Crippen LogP contribution in [0, 0.1) is 0 Å². The molecule has 0 unspecified atom stereocenters. The van der Waals surface area contributed by atoms with E-state index < -0.39 is 7.12 Å². The second-order valence-electron chi connectivity index (χ2n) is 2.26. The zero-order valence-electron chi connectivity index (χ0n) is 6.49. The zero-order valence-corrected chi connectivity index (χ0v) is 8.08. The van der Waals surface area contributed by atoms with E-state index in [9.17, 15) is 0 Å². The Kier molecular flexibility index (Phi) is 3.14. The molecule has 12 heavy (non-hydrogen) atoms. The lowest BCUT2D eigenvalue weighted by atomic mass is 9.80. The minimum Gasteiger partial charge on any atom is -0.497 e. The van der Waals surface area contributed by atoms with Gasteiger partial charge in [0.25, 0.3) is 0 Å². The van der Waals surface area contributed by atoms with Crippen molar-refractivity contribution in [1.82, 2.24) is 0 Å². The summed E-state index contributed by atoms with van der Waals surface area (Å²) in [6.45, 7) is 0. The number of hydrogen-bond acceptors (Lipinski definition) is 3. The first-order chi connectivity index (χ1) is 5.65. The van der Waals surface area contributed by atoms with Crippen molar-refractivity contribution in [3.63, 3.8) is 0 Å². The summed E-state index contributed by atoms with van der Waals surface area (Å²) in [5.74, 6) is 0.458. The van der Waals surface area contributed by atoms with Gasteiger partial charge in [-0.15, -0.1) is 0 Å². The monoisotopic (exact) mass is 230 g/mol. The third-order valence-electron chi connectivity index (χ3n) is 1.47. The highest BCUT2D eigenvalue weighted by Crippen LogP contribution is 2.15. The van der Waals surface area contributed by atoms with Crippen LogP contribution in [-0.2, 0) is 0 Å². The quantitative estimate of drug-likeness (QED) is 0.711. The van der Waals surface area contributed by atoms with Gasteiger partial charge in [-0.2, -0.15) is 0 Å². The van der Waals surface area contributed by atoms with E-state index in [-0.39, 0.29) is 0 Å². The number of rotatable bonds is 2. The molecule has 1 aromatic carbocycles. The van der Waals surface area contributed by atoms with E-state index in [1.807, 2.05) is 0 Å². The zero-order chi connectivity index (χ0) is 9.14. The Morgan fingerprint density at radius 2 is 2.08 bits per heavy atom. The molecule has 0 heterocycles. The van der Waals surface area contributed by atoms with Crippen molar-refractivity contribution >= 4 is 28.5 Å².